The number of halogens is 2. The average Bonchev–Trinajstić information content (AvgIpc) is 2.07. The summed E-state index contributed by atoms with van der Waals surface area (Å²) < 4.78 is 0. The summed E-state index contributed by atoms with van der Waals surface area (Å²) in [6, 6.07) is 3.25. The molecule has 0 saturated heterocycles. The summed E-state index contributed by atoms with van der Waals surface area (Å²) in [4.78, 5) is 0. The van der Waals surface area contributed by atoms with Gasteiger partial charge in [0.25, 0.3) is 0 Å². The smallest absolute Gasteiger partial charge is 0.135 e. The number of benzene rings is 1. The molecule has 0 fully saturated rings. The van der Waals surface area contributed by atoms with Crippen molar-refractivity contribution < 1.29 is 5.11 Å². The lowest BCUT2D eigenvalue weighted by Crippen LogP contribution is -1.83. The summed E-state index contributed by atoms with van der Waals surface area (Å²) in [5, 5.41) is 9.75. The van der Waals surface area contributed by atoms with Crippen LogP contribution in [0.3, 0.4) is 0 Å². The van der Waals surface area contributed by atoms with Gasteiger partial charge >= 0.3 is 0 Å². The number of allylic oxidation sites excluding steroid dienone is 1. The van der Waals surface area contributed by atoms with Crippen molar-refractivity contribution in [2.24, 2.45) is 0 Å². The Morgan fingerprint density at radius 2 is 2.00 bits per heavy atom. The molecule has 1 rings (SSSR count). The van der Waals surface area contributed by atoms with Gasteiger partial charge in [0.1, 0.15) is 10.8 Å². The van der Waals surface area contributed by atoms with E-state index in [1.54, 1.807) is 12.1 Å². The van der Waals surface area contributed by atoms with E-state index in [-0.39, 0.29) is 10.8 Å². The topological polar surface area (TPSA) is 20.2 Å². The van der Waals surface area contributed by atoms with Crippen LogP contribution >= 0.6 is 23.2 Å². The summed E-state index contributed by atoms with van der Waals surface area (Å²) in [5.41, 5.74) is 0.870. The Labute approximate surface area is 81.2 Å². The SMILES string of the molecule is C=CCc1ccc(O)c(Cl)c1Cl. The molecule has 0 radical (unpaired) electrons. The Hall–Kier alpha value is -0.660. The first-order valence-electron chi connectivity index (χ1n) is 3.43. The second kappa shape index (κ2) is 3.83. The first kappa shape index (κ1) is 9.43. The van der Waals surface area contributed by atoms with Crippen LogP contribution in [0, 0.1) is 0 Å². The summed E-state index contributed by atoms with van der Waals surface area (Å²) >= 11 is 11.5. The Morgan fingerprint density at radius 1 is 1.33 bits per heavy atom. The number of rotatable bonds is 2. The van der Waals surface area contributed by atoms with E-state index >= 15 is 0 Å². The number of phenolic OH excluding ortho intramolecular Hbond substituents is 1. The molecule has 12 heavy (non-hydrogen) atoms. The predicted octanol–water partition coefficient (Wildman–Crippen LogP) is 3.43. The van der Waals surface area contributed by atoms with Crippen molar-refractivity contribution >= 4 is 23.2 Å². The molecule has 0 bridgehead atoms. The van der Waals surface area contributed by atoms with Crippen molar-refractivity contribution in [1.82, 2.24) is 0 Å². The normalized spacial score (nSPS) is 9.83. The van der Waals surface area contributed by atoms with Gasteiger partial charge in [0.05, 0.1) is 5.02 Å². The molecule has 0 aromatic heterocycles. The molecule has 0 amide bonds. The van der Waals surface area contributed by atoms with Crippen LogP contribution in [0.1, 0.15) is 5.56 Å². The number of aromatic hydroxyl groups is 1. The highest BCUT2D eigenvalue weighted by Crippen LogP contribution is 2.33. The zero-order valence-corrected chi connectivity index (χ0v) is 7.86. The van der Waals surface area contributed by atoms with Crippen LogP contribution in [0.4, 0.5) is 0 Å². The van der Waals surface area contributed by atoms with Crippen LogP contribution < -0.4 is 0 Å². The first-order chi connectivity index (χ1) is 5.66. The lowest BCUT2D eigenvalue weighted by atomic mass is 10.1. The Bertz CT molecular complexity index is 308. The standard InChI is InChI=1S/C9H8Cl2O/c1-2-3-6-4-5-7(12)9(11)8(6)10/h2,4-5,12H,1,3H2. The second-order valence-corrected chi connectivity index (χ2v) is 3.12. The van der Waals surface area contributed by atoms with Gasteiger partial charge in [0, 0.05) is 0 Å². The molecule has 64 valence electrons. The minimum Gasteiger partial charge on any atom is -0.506 e. The van der Waals surface area contributed by atoms with Crippen molar-refractivity contribution in [2.75, 3.05) is 0 Å². The van der Waals surface area contributed by atoms with Crippen molar-refractivity contribution in [3.8, 4) is 5.75 Å². The van der Waals surface area contributed by atoms with Crippen LogP contribution in [0.25, 0.3) is 0 Å². The van der Waals surface area contributed by atoms with E-state index in [9.17, 15) is 0 Å². The van der Waals surface area contributed by atoms with Gasteiger partial charge in [-0.3, -0.25) is 0 Å². The van der Waals surface area contributed by atoms with Gasteiger partial charge in [0.2, 0.25) is 0 Å². The van der Waals surface area contributed by atoms with Gasteiger partial charge in [-0.05, 0) is 18.1 Å². The molecular weight excluding hydrogens is 195 g/mol. The van der Waals surface area contributed by atoms with E-state index in [0.717, 1.165) is 5.56 Å². The fourth-order valence-corrected chi connectivity index (χ4v) is 1.31. The first-order valence-corrected chi connectivity index (χ1v) is 4.19. The average molecular weight is 203 g/mol. The minimum atomic E-state index is 0.00878. The highest BCUT2D eigenvalue weighted by Gasteiger charge is 2.07. The molecule has 1 N–H and O–H groups in total. The fraction of sp³-hybridized carbons (Fsp3) is 0.111. The predicted molar refractivity (Wildman–Crippen MR) is 52.0 cm³/mol. The second-order valence-electron chi connectivity index (χ2n) is 2.36. The van der Waals surface area contributed by atoms with Crippen LogP contribution in [-0.4, -0.2) is 5.11 Å². The van der Waals surface area contributed by atoms with Crippen molar-refractivity contribution in [1.29, 1.82) is 0 Å². The Morgan fingerprint density at radius 3 is 2.58 bits per heavy atom. The fourth-order valence-electron chi connectivity index (χ4n) is 0.892. The van der Waals surface area contributed by atoms with Gasteiger partial charge in [-0.1, -0.05) is 35.3 Å². The molecule has 0 aliphatic rings. The van der Waals surface area contributed by atoms with Gasteiger partial charge in [0.15, 0.2) is 0 Å². The van der Waals surface area contributed by atoms with Crippen molar-refractivity contribution in [3.63, 3.8) is 0 Å². The van der Waals surface area contributed by atoms with Gasteiger partial charge in [-0.25, -0.2) is 0 Å². The van der Waals surface area contributed by atoms with Crippen molar-refractivity contribution in [2.45, 2.75) is 6.42 Å². The minimum absolute atomic E-state index is 0.00878. The third-order valence-corrected chi connectivity index (χ3v) is 2.42. The summed E-state index contributed by atoms with van der Waals surface area (Å²) in [6.45, 7) is 3.58. The lowest BCUT2D eigenvalue weighted by Gasteiger charge is -2.04. The molecule has 0 spiro atoms. The molecule has 0 unspecified atom stereocenters. The van der Waals surface area contributed by atoms with E-state index in [4.69, 9.17) is 28.3 Å². The highest BCUT2D eigenvalue weighted by atomic mass is 35.5. The van der Waals surface area contributed by atoms with E-state index in [1.165, 1.54) is 6.07 Å². The van der Waals surface area contributed by atoms with E-state index in [0.29, 0.717) is 11.4 Å². The lowest BCUT2D eigenvalue weighted by molar-refractivity contribution is 0.475. The quantitative estimate of drug-likeness (QED) is 0.730. The molecule has 1 aromatic rings. The van der Waals surface area contributed by atoms with Crippen LogP contribution in [-0.2, 0) is 6.42 Å². The van der Waals surface area contributed by atoms with Crippen LogP contribution in [0.2, 0.25) is 10.0 Å². The van der Waals surface area contributed by atoms with E-state index < -0.39 is 0 Å². The highest BCUT2D eigenvalue weighted by molar-refractivity contribution is 6.43. The molecule has 1 aromatic carbocycles. The maximum Gasteiger partial charge on any atom is 0.135 e. The summed E-state index contributed by atoms with van der Waals surface area (Å²) in [6.07, 6.45) is 2.38. The van der Waals surface area contributed by atoms with Gasteiger partial charge < -0.3 is 5.11 Å². The molecule has 0 atom stereocenters. The zero-order chi connectivity index (χ0) is 9.14. The monoisotopic (exact) mass is 202 g/mol. The molecule has 0 heterocycles. The van der Waals surface area contributed by atoms with Crippen molar-refractivity contribution in [3.05, 3.63) is 40.4 Å². The molecular formula is C9H8Cl2O. The molecule has 0 aliphatic heterocycles. The number of phenols is 1. The van der Waals surface area contributed by atoms with E-state index in [1.807, 2.05) is 0 Å². The third-order valence-electron chi connectivity index (χ3n) is 1.51. The Kier molecular flexibility index (Phi) is 3.01. The van der Waals surface area contributed by atoms with Crippen LogP contribution in [0.15, 0.2) is 24.8 Å². The zero-order valence-electron chi connectivity index (χ0n) is 6.35. The maximum atomic E-state index is 9.15. The molecule has 0 saturated carbocycles. The van der Waals surface area contributed by atoms with Gasteiger partial charge in [-0.15, -0.1) is 6.58 Å². The molecule has 3 heteroatoms. The largest absolute Gasteiger partial charge is 0.506 e. The summed E-state index contributed by atoms with van der Waals surface area (Å²) in [7, 11) is 0. The Balaban J connectivity index is 3.16. The molecule has 0 aliphatic carbocycles. The maximum absolute atomic E-state index is 9.15. The third kappa shape index (κ3) is 1.74. The van der Waals surface area contributed by atoms with Gasteiger partial charge in [-0.2, -0.15) is 0 Å². The summed E-state index contributed by atoms with van der Waals surface area (Å²) in [5.74, 6) is 0.00878. The van der Waals surface area contributed by atoms with E-state index in [2.05, 4.69) is 6.58 Å². The number of hydrogen-bond acceptors (Lipinski definition) is 1. The number of hydrogen-bond donors (Lipinski definition) is 1. The van der Waals surface area contributed by atoms with Crippen LogP contribution in [0.5, 0.6) is 5.75 Å². The molecule has 1 nitrogen and oxygen atoms in total.